The summed E-state index contributed by atoms with van der Waals surface area (Å²) >= 11 is 0. The zero-order chi connectivity index (χ0) is 18.1. The van der Waals surface area contributed by atoms with E-state index in [9.17, 15) is 9.90 Å². The van der Waals surface area contributed by atoms with E-state index in [0.29, 0.717) is 25.3 Å². The normalized spacial score (nSPS) is 24.0. The van der Waals surface area contributed by atoms with Crippen LogP contribution in [0.5, 0.6) is 11.5 Å². The third-order valence-electron chi connectivity index (χ3n) is 5.22. The minimum absolute atomic E-state index is 0. The summed E-state index contributed by atoms with van der Waals surface area (Å²) in [4.78, 5) is 14.5. The van der Waals surface area contributed by atoms with Gasteiger partial charge in [0, 0.05) is 32.0 Å². The van der Waals surface area contributed by atoms with Gasteiger partial charge in [-0.15, -0.1) is 12.4 Å². The average Bonchev–Trinajstić information content (AvgIpc) is 2.53. The highest BCUT2D eigenvalue weighted by molar-refractivity contribution is 5.88. The van der Waals surface area contributed by atoms with Gasteiger partial charge in [0.2, 0.25) is 5.91 Å². The molecule has 1 aromatic rings. The first-order valence-electron chi connectivity index (χ1n) is 8.19. The van der Waals surface area contributed by atoms with E-state index in [1.165, 1.54) is 7.11 Å². The molecule has 0 bridgehead atoms. The zero-order valence-corrected chi connectivity index (χ0v) is 16.4. The molecule has 2 unspecified atom stereocenters. The Morgan fingerprint density at radius 2 is 2.08 bits per heavy atom. The number of aromatic hydroxyl groups is 1. The van der Waals surface area contributed by atoms with Gasteiger partial charge in [0.25, 0.3) is 0 Å². The zero-order valence-electron chi connectivity index (χ0n) is 15.5. The Balaban J connectivity index is 0.00000312. The van der Waals surface area contributed by atoms with Crippen LogP contribution in [0.1, 0.15) is 32.8 Å². The van der Waals surface area contributed by atoms with E-state index >= 15 is 0 Å². The van der Waals surface area contributed by atoms with E-state index in [2.05, 4.69) is 0 Å². The highest BCUT2D eigenvalue weighted by Crippen LogP contribution is 2.50. The number of phenols is 1. The average molecular weight is 373 g/mol. The molecule has 3 N–H and O–H groups in total. The van der Waals surface area contributed by atoms with Crippen LogP contribution in [0.25, 0.3) is 0 Å². The van der Waals surface area contributed by atoms with Crippen molar-refractivity contribution >= 4 is 18.3 Å². The molecule has 1 aliphatic rings. The van der Waals surface area contributed by atoms with Crippen molar-refractivity contribution < 1.29 is 19.4 Å². The van der Waals surface area contributed by atoms with Crippen molar-refractivity contribution in [2.45, 2.75) is 45.4 Å². The smallest absolute Gasteiger partial charge is 0.243 e. The van der Waals surface area contributed by atoms with Crippen molar-refractivity contribution in [1.82, 2.24) is 4.90 Å². The van der Waals surface area contributed by atoms with E-state index < -0.39 is 11.0 Å². The molecule has 0 spiro atoms. The molecule has 142 valence electrons. The number of methoxy groups -OCH3 is 1. The number of hydrogen-bond acceptors (Lipinski definition) is 5. The topological polar surface area (TPSA) is 85.0 Å². The Kier molecular flexibility index (Phi) is 6.73. The van der Waals surface area contributed by atoms with Crippen molar-refractivity contribution in [2.75, 3.05) is 20.8 Å². The lowest BCUT2D eigenvalue weighted by Crippen LogP contribution is -2.75. The molecule has 0 radical (unpaired) electrons. The molecular formula is C18H29ClN2O4. The van der Waals surface area contributed by atoms with Crippen LogP contribution in [-0.4, -0.2) is 48.3 Å². The number of hydrogen-bond donors (Lipinski definition) is 2. The monoisotopic (exact) mass is 372 g/mol. The molecule has 6 nitrogen and oxygen atoms in total. The van der Waals surface area contributed by atoms with Crippen molar-refractivity contribution in [3.8, 4) is 11.5 Å². The van der Waals surface area contributed by atoms with E-state index in [0.717, 1.165) is 5.56 Å². The van der Waals surface area contributed by atoms with Crippen molar-refractivity contribution in [1.29, 1.82) is 0 Å². The molecule has 1 aliphatic carbocycles. The number of nitrogens with two attached hydrogens (primary N) is 1. The summed E-state index contributed by atoms with van der Waals surface area (Å²) in [7, 11) is 3.22. The Labute approximate surface area is 155 Å². The summed E-state index contributed by atoms with van der Waals surface area (Å²) in [6, 6.07) is 5.10. The maximum absolute atomic E-state index is 12.9. The number of phenolic OH excluding ortho intramolecular Hbond substituents is 1. The summed E-state index contributed by atoms with van der Waals surface area (Å²) < 4.78 is 10.7. The van der Waals surface area contributed by atoms with Crippen LogP contribution in [0.15, 0.2) is 18.2 Å². The number of halogens is 1. The Hall–Kier alpha value is -1.50. The van der Waals surface area contributed by atoms with Crippen molar-refractivity contribution in [2.24, 2.45) is 11.1 Å². The first-order chi connectivity index (χ1) is 11.2. The number of likely N-dealkylation sites (N-methyl/N-ethyl adjacent to an activating group) is 1. The predicted octanol–water partition coefficient (Wildman–Crippen LogP) is 2.31. The van der Waals surface area contributed by atoms with Gasteiger partial charge in [0.05, 0.1) is 13.2 Å². The third-order valence-corrected chi connectivity index (χ3v) is 5.22. The highest BCUT2D eigenvalue weighted by Gasteiger charge is 2.63. The van der Waals surface area contributed by atoms with Crippen LogP contribution < -0.4 is 10.5 Å². The summed E-state index contributed by atoms with van der Waals surface area (Å²) in [6.45, 7) is 6.87. The Bertz CT molecular complexity index is 623. The number of amides is 1. The van der Waals surface area contributed by atoms with Gasteiger partial charge >= 0.3 is 0 Å². The van der Waals surface area contributed by atoms with E-state index in [1.54, 1.807) is 24.1 Å². The second-order valence-corrected chi connectivity index (χ2v) is 7.01. The van der Waals surface area contributed by atoms with E-state index in [1.807, 2.05) is 26.8 Å². The molecule has 2 rings (SSSR count). The second-order valence-electron chi connectivity index (χ2n) is 7.01. The van der Waals surface area contributed by atoms with Gasteiger partial charge in [-0.3, -0.25) is 4.79 Å². The predicted molar refractivity (Wildman–Crippen MR) is 99.1 cm³/mol. The molecule has 0 aliphatic heterocycles. The number of carbonyl (C=O) groups excluding carboxylic acids is 1. The van der Waals surface area contributed by atoms with E-state index in [-0.39, 0.29) is 30.2 Å². The molecule has 1 amide bonds. The van der Waals surface area contributed by atoms with Gasteiger partial charge in [0.15, 0.2) is 11.5 Å². The molecule has 2 atom stereocenters. The fourth-order valence-electron chi connectivity index (χ4n) is 3.32. The number of ether oxygens (including phenoxy) is 2. The molecule has 7 heteroatoms. The summed E-state index contributed by atoms with van der Waals surface area (Å²) in [6.07, 6.45) is 0.514. The standard InChI is InChI=1S/C18H28N2O4.ClH/c1-6-24-15-10-18(19,17(15,2)3)16(22)20(4)11-12-7-8-14(23-5)13(21)9-12;/h7-9,15,21H,6,10-11,19H2,1-5H3;1H. The molecule has 0 saturated heterocycles. The van der Waals surface area contributed by atoms with Crippen LogP contribution in [-0.2, 0) is 16.1 Å². The lowest BCUT2D eigenvalue weighted by Gasteiger charge is -2.58. The van der Waals surface area contributed by atoms with Gasteiger partial charge in [-0.2, -0.15) is 0 Å². The lowest BCUT2D eigenvalue weighted by molar-refractivity contribution is -0.178. The Morgan fingerprint density at radius 1 is 1.44 bits per heavy atom. The molecular weight excluding hydrogens is 344 g/mol. The van der Waals surface area contributed by atoms with Gasteiger partial charge in [-0.25, -0.2) is 0 Å². The van der Waals surface area contributed by atoms with E-state index in [4.69, 9.17) is 15.2 Å². The second kappa shape index (κ2) is 7.81. The largest absolute Gasteiger partial charge is 0.504 e. The molecule has 0 heterocycles. The van der Waals surface area contributed by atoms with Gasteiger partial charge in [0.1, 0.15) is 5.54 Å². The molecule has 1 saturated carbocycles. The van der Waals surface area contributed by atoms with Gasteiger partial charge in [-0.1, -0.05) is 19.9 Å². The number of benzene rings is 1. The number of carbonyl (C=O) groups is 1. The highest BCUT2D eigenvalue weighted by atomic mass is 35.5. The SMILES string of the molecule is CCOC1CC(N)(C(=O)N(C)Cc2ccc(OC)c(O)c2)C1(C)C.Cl. The fraction of sp³-hybridized carbons (Fsp3) is 0.611. The third kappa shape index (κ3) is 3.71. The van der Waals surface area contributed by atoms with Gasteiger partial charge < -0.3 is 25.2 Å². The van der Waals surface area contributed by atoms with Crippen LogP contribution >= 0.6 is 12.4 Å². The number of nitrogens with zero attached hydrogens (tertiary/aromatic N) is 1. The van der Waals surface area contributed by atoms with Crippen LogP contribution in [0.3, 0.4) is 0 Å². The summed E-state index contributed by atoms with van der Waals surface area (Å²) in [5.41, 5.74) is 5.89. The summed E-state index contributed by atoms with van der Waals surface area (Å²) in [5, 5.41) is 9.87. The van der Waals surface area contributed by atoms with Crippen molar-refractivity contribution in [3.05, 3.63) is 23.8 Å². The van der Waals surface area contributed by atoms with Crippen molar-refractivity contribution in [3.63, 3.8) is 0 Å². The number of rotatable bonds is 6. The fourth-order valence-corrected chi connectivity index (χ4v) is 3.32. The molecule has 0 aromatic heterocycles. The first-order valence-corrected chi connectivity index (χ1v) is 8.19. The minimum Gasteiger partial charge on any atom is -0.504 e. The Morgan fingerprint density at radius 3 is 2.56 bits per heavy atom. The maximum Gasteiger partial charge on any atom is 0.243 e. The van der Waals surface area contributed by atoms with Crippen LogP contribution in [0.4, 0.5) is 0 Å². The molecule has 25 heavy (non-hydrogen) atoms. The molecule has 1 aromatic carbocycles. The van der Waals surface area contributed by atoms with Gasteiger partial charge in [-0.05, 0) is 24.6 Å². The summed E-state index contributed by atoms with van der Waals surface area (Å²) in [5.74, 6) is 0.347. The van der Waals surface area contributed by atoms with Crippen LogP contribution in [0, 0.1) is 5.41 Å². The minimum atomic E-state index is -0.934. The lowest BCUT2D eigenvalue weighted by atomic mass is 9.54. The maximum atomic E-state index is 12.9. The quantitative estimate of drug-likeness (QED) is 0.800. The molecule has 1 fully saturated rings. The first kappa shape index (κ1) is 21.5. The van der Waals surface area contributed by atoms with Crippen LogP contribution in [0.2, 0.25) is 0 Å².